The Kier molecular flexibility index (Phi) is 6.86. The second kappa shape index (κ2) is 7.64. The van der Waals surface area contributed by atoms with Crippen LogP contribution in [-0.2, 0) is 5.75 Å². The normalized spacial score (nSPS) is 14.8. The van der Waals surface area contributed by atoms with Gasteiger partial charge in [0, 0.05) is 27.6 Å². The average Bonchev–Trinajstić information content (AvgIpc) is 2.26. The summed E-state index contributed by atoms with van der Waals surface area (Å²) in [5, 5.41) is 2.07. The second-order valence-corrected chi connectivity index (χ2v) is 7.20. The van der Waals surface area contributed by atoms with Gasteiger partial charge in [-0.15, -0.1) is 0 Å². The Morgan fingerprint density at radius 3 is 2.44 bits per heavy atom. The lowest BCUT2D eigenvalue weighted by Crippen LogP contribution is -2.25. The van der Waals surface area contributed by atoms with Crippen molar-refractivity contribution in [3.05, 3.63) is 33.8 Å². The number of hydrogen-bond donors (Lipinski definition) is 0. The Hall–Kier alpha value is 0.110. The summed E-state index contributed by atoms with van der Waals surface area (Å²) < 4.78 is 0. The molecule has 0 spiro atoms. The Labute approximate surface area is 125 Å². The molecule has 0 saturated carbocycles. The molecule has 0 N–H and O–H groups in total. The van der Waals surface area contributed by atoms with Gasteiger partial charge in [0.1, 0.15) is 0 Å². The summed E-state index contributed by atoms with van der Waals surface area (Å²) in [4.78, 5) is 2.23. The molecule has 0 radical (unpaired) electrons. The van der Waals surface area contributed by atoms with Gasteiger partial charge in [-0.1, -0.05) is 43.1 Å². The molecule has 0 saturated heterocycles. The lowest BCUT2D eigenvalue weighted by Gasteiger charge is -2.23. The van der Waals surface area contributed by atoms with E-state index in [1.165, 1.54) is 0 Å². The summed E-state index contributed by atoms with van der Waals surface area (Å²) in [7, 11) is 4.23. The minimum Gasteiger partial charge on any atom is -0.309 e. The van der Waals surface area contributed by atoms with E-state index in [1.807, 2.05) is 30.0 Å². The SMILES string of the molecule is CC(CN(C)C)C(C)SCc1ccc(Cl)cc1Cl. The molecule has 0 aromatic heterocycles. The third kappa shape index (κ3) is 5.40. The Bertz CT molecular complexity index is 382. The summed E-state index contributed by atoms with van der Waals surface area (Å²) in [6, 6.07) is 5.73. The van der Waals surface area contributed by atoms with Crippen LogP contribution in [0.2, 0.25) is 10.0 Å². The average molecular weight is 306 g/mol. The summed E-state index contributed by atoms with van der Waals surface area (Å²) >= 11 is 14.0. The van der Waals surface area contributed by atoms with Gasteiger partial charge in [-0.05, 0) is 37.7 Å². The van der Waals surface area contributed by atoms with Crippen molar-refractivity contribution in [2.75, 3.05) is 20.6 Å². The van der Waals surface area contributed by atoms with Crippen LogP contribution in [-0.4, -0.2) is 30.8 Å². The smallest absolute Gasteiger partial charge is 0.0461 e. The topological polar surface area (TPSA) is 3.24 Å². The highest BCUT2D eigenvalue weighted by Crippen LogP contribution is 2.28. The molecule has 0 fully saturated rings. The van der Waals surface area contributed by atoms with Gasteiger partial charge >= 0.3 is 0 Å². The van der Waals surface area contributed by atoms with Crippen LogP contribution in [0.15, 0.2) is 18.2 Å². The van der Waals surface area contributed by atoms with Crippen LogP contribution >= 0.6 is 35.0 Å². The summed E-state index contributed by atoms with van der Waals surface area (Å²) in [5.41, 5.74) is 1.16. The number of benzene rings is 1. The maximum atomic E-state index is 6.17. The van der Waals surface area contributed by atoms with Crippen molar-refractivity contribution >= 4 is 35.0 Å². The molecule has 18 heavy (non-hydrogen) atoms. The van der Waals surface area contributed by atoms with E-state index in [9.17, 15) is 0 Å². The predicted molar refractivity (Wildman–Crippen MR) is 84.9 cm³/mol. The predicted octanol–water partition coefficient (Wildman–Crippen LogP) is 4.81. The highest BCUT2D eigenvalue weighted by atomic mass is 35.5. The quantitative estimate of drug-likeness (QED) is 0.742. The van der Waals surface area contributed by atoms with E-state index in [2.05, 4.69) is 32.8 Å². The first kappa shape index (κ1) is 16.2. The van der Waals surface area contributed by atoms with Gasteiger partial charge in [-0.25, -0.2) is 0 Å². The number of halogens is 2. The fourth-order valence-electron chi connectivity index (χ4n) is 1.75. The van der Waals surface area contributed by atoms with E-state index in [0.29, 0.717) is 16.2 Å². The third-order valence-corrected chi connectivity index (χ3v) is 5.03. The molecule has 0 bridgehead atoms. The lowest BCUT2D eigenvalue weighted by atomic mass is 10.1. The van der Waals surface area contributed by atoms with E-state index in [1.54, 1.807) is 0 Å². The van der Waals surface area contributed by atoms with E-state index in [-0.39, 0.29) is 0 Å². The third-order valence-electron chi connectivity index (χ3n) is 2.97. The van der Waals surface area contributed by atoms with Gasteiger partial charge in [-0.2, -0.15) is 11.8 Å². The van der Waals surface area contributed by atoms with Crippen LogP contribution in [0.1, 0.15) is 19.4 Å². The van der Waals surface area contributed by atoms with Gasteiger partial charge < -0.3 is 4.90 Å². The van der Waals surface area contributed by atoms with Crippen LogP contribution in [0.25, 0.3) is 0 Å². The van der Waals surface area contributed by atoms with Gasteiger partial charge in [0.05, 0.1) is 0 Å². The summed E-state index contributed by atoms with van der Waals surface area (Å²) in [5.74, 6) is 1.60. The largest absolute Gasteiger partial charge is 0.309 e. The monoisotopic (exact) mass is 305 g/mol. The van der Waals surface area contributed by atoms with Gasteiger partial charge in [0.15, 0.2) is 0 Å². The van der Waals surface area contributed by atoms with Crippen LogP contribution in [0.5, 0.6) is 0 Å². The molecule has 0 amide bonds. The van der Waals surface area contributed by atoms with Gasteiger partial charge in [0.25, 0.3) is 0 Å². The number of rotatable bonds is 6. The van der Waals surface area contributed by atoms with E-state index in [4.69, 9.17) is 23.2 Å². The standard InChI is InChI=1S/C14H21Cl2NS/c1-10(8-17(3)4)11(2)18-9-12-5-6-13(15)7-14(12)16/h5-7,10-11H,8-9H2,1-4H3. The summed E-state index contributed by atoms with van der Waals surface area (Å²) in [6.07, 6.45) is 0. The fraction of sp³-hybridized carbons (Fsp3) is 0.571. The number of thioether (sulfide) groups is 1. The molecule has 2 atom stereocenters. The molecular weight excluding hydrogens is 285 g/mol. The zero-order valence-corrected chi connectivity index (χ0v) is 13.7. The van der Waals surface area contributed by atoms with E-state index < -0.39 is 0 Å². The zero-order chi connectivity index (χ0) is 13.7. The molecule has 1 rings (SSSR count). The van der Waals surface area contributed by atoms with Gasteiger partial charge in [-0.3, -0.25) is 0 Å². The highest BCUT2D eigenvalue weighted by molar-refractivity contribution is 7.99. The minimum atomic E-state index is 0.610. The minimum absolute atomic E-state index is 0.610. The number of hydrogen-bond acceptors (Lipinski definition) is 2. The Morgan fingerprint density at radius 1 is 1.22 bits per heavy atom. The van der Waals surface area contributed by atoms with Crippen molar-refractivity contribution in [3.8, 4) is 0 Å². The molecule has 1 aromatic carbocycles. The molecule has 0 aliphatic rings. The van der Waals surface area contributed by atoms with Crippen molar-refractivity contribution in [1.29, 1.82) is 0 Å². The molecule has 4 heteroatoms. The first-order chi connectivity index (χ1) is 8.40. The van der Waals surface area contributed by atoms with Crippen molar-refractivity contribution in [2.45, 2.75) is 24.9 Å². The van der Waals surface area contributed by atoms with E-state index in [0.717, 1.165) is 22.9 Å². The first-order valence-electron chi connectivity index (χ1n) is 6.10. The van der Waals surface area contributed by atoms with Crippen LogP contribution < -0.4 is 0 Å². The molecule has 2 unspecified atom stereocenters. The van der Waals surface area contributed by atoms with Crippen LogP contribution in [0.4, 0.5) is 0 Å². The first-order valence-corrected chi connectivity index (χ1v) is 7.91. The molecule has 0 aliphatic heterocycles. The van der Waals surface area contributed by atoms with Crippen LogP contribution in [0.3, 0.4) is 0 Å². The van der Waals surface area contributed by atoms with Crippen molar-refractivity contribution in [1.82, 2.24) is 4.90 Å². The van der Waals surface area contributed by atoms with Crippen molar-refractivity contribution in [3.63, 3.8) is 0 Å². The molecule has 0 aliphatic carbocycles. The maximum absolute atomic E-state index is 6.17. The van der Waals surface area contributed by atoms with Crippen molar-refractivity contribution in [2.24, 2.45) is 5.92 Å². The number of nitrogens with zero attached hydrogens (tertiary/aromatic N) is 1. The van der Waals surface area contributed by atoms with Crippen LogP contribution in [0, 0.1) is 5.92 Å². The Balaban J connectivity index is 2.49. The van der Waals surface area contributed by atoms with E-state index >= 15 is 0 Å². The Morgan fingerprint density at radius 2 is 1.89 bits per heavy atom. The second-order valence-electron chi connectivity index (χ2n) is 4.99. The lowest BCUT2D eigenvalue weighted by molar-refractivity contribution is 0.338. The highest BCUT2D eigenvalue weighted by Gasteiger charge is 2.14. The molecule has 102 valence electrons. The van der Waals surface area contributed by atoms with Gasteiger partial charge in [0.2, 0.25) is 0 Å². The molecule has 1 aromatic rings. The molecule has 0 heterocycles. The summed E-state index contributed by atoms with van der Waals surface area (Å²) in [6.45, 7) is 5.69. The zero-order valence-electron chi connectivity index (χ0n) is 11.4. The fourth-order valence-corrected chi connectivity index (χ4v) is 3.41. The van der Waals surface area contributed by atoms with Crippen molar-refractivity contribution < 1.29 is 0 Å². The molecular formula is C14H21Cl2NS. The molecule has 1 nitrogen and oxygen atoms in total. The maximum Gasteiger partial charge on any atom is 0.0461 e.